The second-order valence-electron chi connectivity index (χ2n) is 5.23. The number of hydrogen-bond donors (Lipinski definition) is 2. The summed E-state index contributed by atoms with van der Waals surface area (Å²) in [7, 11) is 1.38. The molecule has 0 aliphatic heterocycles. The van der Waals surface area contributed by atoms with E-state index in [1.807, 2.05) is 0 Å². The van der Waals surface area contributed by atoms with Crippen molar-refractivity contribution < 1.29 is 19.6 Å². The fourth-order valence-corrected chi connectivity index (χ4v) is 2.02. The van der Waals surface area contributed by atoms with Gasteiger partial charge in [0.05, 0.1) is 29.7 Å². The molecule has 25 heavy (non-hydrogen) atoms. The lowest BCUT2D eigenvalue weighted by molar-refractivity contribution is -0.389. The van der Waals surface area contributed by atoms with Crippen molar-refractivity contribution in [1.29, 1.82) is 0 Å². The maximum atomic E-state index is 12.1. The first-order valence-electron chi connectivity index (χ1n) is 7.21. The summed E-state index contributed by atoms with van der Waals surface area (Å²) in [5.41, 5.74) is 3.74. The molecule has 1 aromatic heterocycles. The van der Waals surface area contributed by atoms with Gasteiger partial charge in [0.25, 0.3) is 5.91 Å². The number of methoxy groups -OCH3 is 1. The number of rotatable bonds is 6. The van der Waals surface area contributed by atoms with E-state index >= 15 is 0 Å². The number of aromatic nitrogens is 2. The maximum absolute atomic E-state index is 12.1. The summed E-state index contributed by atoms with van der Waals surface area (Å²) in [6.07, 6.45) is 0. The molecule has 10 heteroatoms. The topological polar surface area (TPSA) is 132 Å². The van der Waals surface area contributed by atoms with E-state index in [2.05, 4.69) is 15.6 Å². The van der Waals surface area contributed by atoms with Crippen LogP contribution < -0.4 is 10.2 Å². The third-order valence-corrected chi connectivity index (χ3v) is 3.32. The predicted molar refractivity (Wildman–Crippen MR) is 88.9 cm³/mol. The summed E-state index contributed by atoms with van der Waals surface area (Å²) in [6, 6.07) is 5.51. The Morgan fingerprint density at radius 2 is 2.20 bits per heavy atom. The molecule has 0 unspecified atom stereocenters. The van der Waals surface area contributed by atoms with Gasteiger partial charge < -0.3 is 20.0 Å². The Labute approximate surface area is 142 Å². The van der Waals surface area contributed by atoms with E-state index in [9.17, 15) is 20.0 Å². The van der Waals surface area contributed by atoms with Crippen LogP contribution in [0.4, 0.5) is 5.82 Å². The third-order valence-electron chi connectivity index (χ3n) is 3.32. The van der Waals surface area contributed by atoms with Crippen molar-refractivity contribution >= 4 is 17.4 Å². The van der Waals surface area contributed by atoms with Crippen molar-refractivity contribution in [3.63, 3.8) is 0 Å². The molecule has 132 valence electrons. The number of aryl methyl sites for hydroxylation is 1. The molecule has 0 spiro atoms. The summed E-state index contributed by atoms with van der Waals surface area (Å²) in [4.78, 5) is 22.2. The van der Waals surface area contributed by atoms with Crippen LogP contribution in [-0.2, 0) is 6.54 Å². The van der Waals surface area contributed by atoms with Crippen molar-refractivity contribution in [2.24, 2.45) is 5.10 Å². The number of ether oxygens (including phenoxy) is 1. The number of aromatic hydroxyl groups is 1. The largest absolute Gasteiger partial charge is 0.504 e. The molecule has 0 aliphatic carbocycles. The van der Waals surface area contributed by atoms with Crippen molar-refractivity contribution in [2.75, 3.05) is 7.11 Å². The lowest BCUT2D eigenvalue weighted by Crippen LogP contribution is -2.21. The molecule has 0 atom stereocenters. The van der Waals surface area contributed by atoms with Crippen molar-refractivity contribution in [3.05, 3.63) is 45.6 Å². The number of carbonyl (C=O) groups excluding carboxylic acids is 1. The minimum absolute atomic E-state index is 0.0746. The molecule has 2 aromatic rings. The number of hydrogen-bond acceptors (Lipinski definition) is 7. The van der Waals surface area contributed by atoms with E-state index in [0.717, 1.165) is 0 Å². The van der Waals surface area contributed by atoms with Gasteiger partial charge in [0.15, 0.2) is 11.5 Å². The molecular weight excluding hydrogens is 330 g/mol. The molecule has 1 heterocycles. The monoisotopic (exact) mass is 347 g/mol. The van der Waals surface area contributed by atoms with Crippen molar-refractivity contribution in [1.82, 2.24) is 15.2 Å². The van der Waals surface area contributed by atoms with Gasteiger partial charge in [-0.05, 0) is 37.0 Å². The van der Waals surface area contributed by atoms with Gasteiger partial charge in [0.1, 0.15) is 6.54 Å². The Balaban J connectivity index is 2.05. The van der Waals surface area contributed by atoms with Gasteiger partial charge in [0.2, 0.25) is 0 Å². The summed E-state index contributed by atoms with van der Waals surface area (Å²) < 4.78 is 6.37. The highest BCUT2D eigenvalue weighted by molar-refractivity contribution is 5.95. The van der Waals surface area contributed by atoms with E-state index < -0.39 is 10.8 Å². The molecule has 1 aromatic carbocycles. The zero-order chi connectivity index (χ0) is 18.6. The van der Waals surface area contributed by atoms with Crippen LogP contribution in [0.2, 0.25) is 0 Å². The van der Waals surface area contributed by atoms with Gasteiger partial charge in [-0.1, -0.05) is 0 Å². The molecule has 0 radical (unpaired) electrons. The van der Waals surface area contributed by atoms with E-state index in [-0.39, 0.29) is 29.4 Å². The fourth-order valence-electron chi connectivity index (χ4n) is 2.02. The third kappa shape index (κ3) is 4.31. The SMILES string of the molecule is COc1cc(C(=O)NN=C(C)Cn2nc([N+](=O)[O-])cc2C)ccc1O. The second kappa shape index (κ2) is 7.43. The van der Waals surface area contributed by atoms with Crippen LogP contribution >= 0.6 is 0 Å². The van der Waals surface area contributed by atoms with E-state index in [4.69, 9.17) is 4.74 Å². The molecule has 0 bridgehead atoms. The highest BCUT2D eigenvalue weighted by Crippen LogP contribution is 2.26. The summed E-state index contributed by atoms with van der Waals surface area (Å²) >= 11 is 0. The van der Waals surface area contributed by atoms with Crippen LogP contribution in [0.1, 0.15) is 23.0 Å². The van der Waals surface area contributed by atoms with Crippen LogP contribution in [0.5, 0.6) is 11.5 Å². The lowest BCUT2D eigenvalue weighted by Gasteiger charge is -2.06. The Morgan fingerprint density at radius 3 is 2.80 bits per heavy atom. The van der Waals surface area contributed by atoms with Crippen LogP contribution in [0.3, 0.4) is 0 Å². The first-order chi connectivity index (χ1) is 11.8. The molecule has 2 N–H and O–H groups in total. The van der Waals surface area contributed by atoms with Gasteiger partial charge in [-0.3, -0.25) is 4.79 Å². The second-order valence-corrected chi connectivity index (χ2v) is 5.23. The minimum Gasteiger partial charge on any atom is -0.504 e. The van der Waals surface area contributed by atoms with Crippen LogP contribution in [-0.4, -0.2) is 38.5 Å². The zero-order valence-electron chi connectivity index (χ0n) is 13.9. The zero-order valence-corrected chi connectivity index (χ0v) is 13.9. The van der Waals surface area contributed by atoms with Crippen LogP contribution in [0.15, 0.2) is 29.4 Å². The first kappa shape index (κ1) is 17.9. The van der Waals surface area contributed by atoms with Gasteiger partial charge in [-0.15, -0.1) is 0 Å². The van der Waals surface area contributed by atoms with Crippen molar-refractivity contribution in [2.45, 2.75) is 20.4 Å². The Kier molecular flexibility index (Phi) is 5.32. The van der Waals surface area contributed by atoms with Crippen LogP contribution in [0.25, 0.3) is 0 Å². The highest BCUT2D eigenvalue weighted by Gasteiger charge is 2.16. The summed E-state index contributed by atoms with van der Waals surface area (Å²) in [6.45, 7) is 3.54. The number of carbonyl (C=O) groups is 1. The number of phenolic OH excluding ortho intramolecular Hbond substituents is 1. The number of amides is 1. The fraction of sp³-hybridized carbons (Fsp3) is 0.267. The van der Waals surface area contributed by atoms with E-state index in [1.54, 1.807) is 13.8 Å². The van der Waals surface area contributed by atoms with E-state index in [1.165, 1.54) is 36.1 Å². The van der Waals surface area contributed by atoms with Crippen molar-refractivity contribution in [3.8, 4) is 11.5 Å². The standard InChI is InChI=1S/C15H17N5O5/c1-9(8-19-10(2)6-14(18-19)20(23)24)16-17-15(22)11-4-5-12(21)13(7-11)25-3/h4-7,21H,8H2,1-3H3,(H,17,22). The smallest absolute Gasteiger partial charge is 0.390 e. The molecule has 10 nitrogen and oxygen atoms in total. The normalized spacial score (nSPS) is 11.2. The number of nitrogens with one attached hydrogen (secondary N) is 1. The van der Waals surface area contributed by atoms with E-state index in [0.29, 0.717) is 11.4 Å². The van der Waals surface area contributed by atoms with Crippen LogP contribution in [0, 0.1) is 17.0 Å². The first-order valence-corrected chi connectivity index (χ1v) is 7.21. The summed E-state index contributed by atoms with van der Waals surface area (Å²) in [5.74, 6) is -0.631. The predicted octanol–water partition coefficient (Wildman–Crippen LogP) is 1.62. The Morgan fingerprint density at radius 1 is 1.48 bits per heavy atom. The molecule has 1 amide bonds. The number of phenols is 1. The number of benzene rings is 1. The molecule has 2 rings (SSSR count). The molecular formula is C15H17N5O5. The Bertz CT molecular complexity index is 843. The van der Waals surface area contributed by atoms with Gasteiger partial charge in [-0.25, -0.2) is 5.43 Å². The highest BCUT2D eigenvalue weighted by atomic mass is 16.6. The molecule has 0 saturated carbocycles. The molecule has 0 fully saturated rings. The maximum Gasteiger partial charge on any atom is 0.390 e. The number of nitrogens with zero attached hydrogens (tertiary/aromatic N) is 4. The van der Waals surface area contributed by atoms with Gasteiger partial charge in [-0.2, -0.15) is 9.78 Å². The Hall–Kier alpha value is -3.43. The molecule has 0 aliphatic rings. The lowest BCUT2D eigenvalue weighted by atomic mass is 10.2. The van der Waals surface area contributed by atoms with Gasteiger partial charge >= 0.3 is 5.82 Å². The number of nitro groups is 1. The number of hydrazone groups is 1. The average molecular weight is 347 g/mol. The average Bonchev–Trinajstić information content (AvgIpc) is 2.94. The summed E-state index contributed by atoms with van der Waals surface area (Å²) in [5, 5.41) is 28.0. The minimum atomic E-state index is -0.573. The molecule has 0 saturated heterocycles. The quantitative estimate of drug-likeness (QED) is 0.463. The van der Waals surface area contributed by atoms with Gasteiger partial charge in [0, 0.05) is 5.56 Å².